The van der Waals surface area contributed by atoms with Crippen LogP contribution in [-0.4, -0.2) is 8.07 Å². The molecule has 1 fully saturated rings. The summed E-state index contributed by atoms with van der Waals surface area (Å²) in [6, 6.07) is 13.6. The Bertz CT molecular complexity index is 581. The fourth-order valence-corrected chi connectivity index (χ4v) is 8.90. The van der Waals surface area contributed by atoms with E-state index in [1.165, 1.54) is 30.9 Å². The van der Waals surface area contributed by atoms with E-state index in [1.807, 2.05) is 12.2 Å². The molecule has 132 valence electrons. The summed E-state index contributed by atoms with van der Waals surface area (Å²) in [6.07, 6.45) is 20.2. The molecule has 0 nitrogen and oxygen atoms in total. The van der Waals surface area contributed by atoms with Crippen LogP contribution in [-0.2, 0) is 21.7 Å². The van der Waals surface area contributed by atoms with E-state index in [9.17, 15) is 0 Å². The van der Waals surface area contributed by atoms with Gasteiger partial charge in [-0.05, 0) is 0 Å². The van der Waals surface area contributed by atoms with Crippen molar-refractivity contribution in [1.82, 2.24) is 0 Å². The van der Waals surface area contributed by atoms with Gasteiger partial charge in [0.15, 0.2) is 0 Å². The van der Waals surface area contributed by atoms with Crippen molar-refractivity contribution in [2.75, 3.05) is 0 Å². The Morgan fingerprint density at radius 3 is 2.44 bits per heavy atom. The van der Waals surface area contributed by atoms with Crippen LogP contribution in [0.15, 0.2) is 42.5 Å². The van der Waals surface area contributed by atoms with Gasteiger partial charge in [-0.15, -0.1) is 18.1 Å². The van der Waals surface area contributed by atoms with E-state index in [1.54, 1.807) is 17.7 Å². The van der Waals surface area contributed by atoms with E-state index >= 15 is 0 Å². The third-order valence-corrected chi connectivity index (χ3v) is 11.0. The summed E-state index contributed by atoms with van der Waals surface area (Å²) in [5, 5.41) is 0. The third-order valence-electron chi connectivity index (χ3n) is 5.29. The Labute approximate surface area is 182 Å². The monoisotopic (exact) mass is 424 g/mol. The van der Waals surface area contributed by atoms with Gasteiger partial charge in [0.1, 0.15) is 0 Å². The Morgan fingerprint density at radius 2 is 1.92 bits per heavy atom. The molecule has 25 heavy (non-hydrogen) atoms. The smallest absolute Gasteiger partial charge is 1.00 e. The number of fused-ring (bicyclic) bond motifs is 1. The zero-order valence-electron chi connectivity index (χ0n) is 14.9. The predicted molar refractivity (Wildman–Crippen MR) is 98.2 cm³/mol. The van der Waals surface area contributed by atoms with E-state index < -0.39 is 8.07 Å². The second-order valence-electron chi connectivity index (χ2n) is 6.70. The first-order valence-electron chi connectivity index (χ1n) is 8.76. The molecule has 1 aliphatic heterocycles. The van der Waals surface area contributed by atoms with Crippen LogP contribution in [0.3, 0.4) is 0 Å². The minimum atomic E-state index is -1.02. The second kappa shape index (κ2) is 12.4. The van der Waals surface area contributed by atoms with Crippen molar-refractivity contribution in [3.05, 3.63) is 65.8 Å². The maximum atomic E-state index is 3.71. The summed E-state index contributed by atoms with van der Waals surface area (Å²) in [5.41, 5.74) is 3.75. The molecule has 2 aliphatic carbocycles. The van der Waals surface area contributed by atoms with Crippen LogP contribution >= 0.6 is 0 Å². The number of halogens is 2. The normalized spacial score (nSPS) is 20.1. The molecule has 0 radical (unpaired) electrons. The van der Waals surface area contributed by atoms with E-state index in [2.05, 4.69) is 55.5 Å². The van der Waals surface area contributed by atoms with Crippen LogP contribution < -0.4 is 24.8 Å². The average Bonchev–Trinajstić information content (AvgIpc) is 3.20. The molecule has 1 unspecified atom stereocenters. The summed E-state index contributed by atoms with van der Waals surface area (Å²) in [4.78, 5) is 0. The molecule has 3 aliphatic rings. The van der Waals surface area contributed by atoms with Crippen LogP contribution in [0.25, 0.3) is 6.08 Å². The van der Waals surface area contributed by atoms with Crippen molar-refractivity contribution in [3.8, 4) is 0 Å². The number of hydrogen-bond donors (Lipinski definition) is 0. The Kier molecular flexibility index (Phi) is 12.3. The fraction of sp³-hybridized carbons (Fsp3) is 0.429. The van der Waals surface area contributed by atoms with Crippen LogP contribution in [0.2, 0.25) is 18.1 Å². The summed E-state index contributed by atoms with van der Waals surface area (Å²) in [7, 11) is -1.02. The molecule has 1 aromatic carbocycles. The van der Waals surface area contributed by atoms with Crippen LogP contribution in [0, 0.1) is 12.2 Å². The minimum absolute atomic E-state index is 0. The van der Waals surface area contributed by atoms with Crippen molar-refractivity contribution in [3.63, 3.8) is 0 Å². The maximum absolute atomic E-state index is 3.71. The number of rotatable bonds is 4. The first kappa shape index (κ1) is 25.0. The van der Waals surface area contributed by atoms with Gasteiger partial charge < -0.3 is 24.8 Å². The molecule has 4 heteroatoms. The van der Waals surface area contributed by atoms with E-state index in [4.69, 9.17) is 0 Å². The number of hydrogen-bond acceptors (Lipinski definition) is 0. The fourth-order valence-electron chi connectivity index (χ4n) is 3.86. The van der Waals surface area contributed by atoms with Gasteiger partial charge in [-0.25, -0.2) is 18.2 Å². The van der Waals surface area contributed by atoms with Crippen molar-refractivity contribution in [1.29, 1.82) is 0 Å². The molecule has 1 heterocycles. The molecule has 0 amide bonds. The molecule has 4 rings (SSSR count). The van der Waals surface area contributed by atoms with Crippen molar-refractivity contribution in [2.45, 2.75) is 56.3 Å². The molecule has 1 atom stereocenters. The average molecular weight is 425 g/mol. The van der Waals surface area contributed by atoms with Crippen molar-refractivity contribution in [2.24, 2.45) is 0 Å². The quantitative estimate of drug-likeness (QED) is 0.475. The van der Waals surface area contributed by atoms with Crippen molar-refractivity contribution >= 4 is 14.1 Å². The van der Waals surface area contributed by atoms with Gasteiger partial charge in [0.05, 0.1) is 0 Å². The molecule has 0 bridgehead atoms. The maximum Gasteiger partial charge on any atom is 4.00 e. The first-order valence-corrected chi connectivity index (χ1v) is 11.5. The molecule has 1 saturated heterocycles. The topological polar surface area (TPSA) is 0 Å². The van der Waals surface area contributed by atoms with E-state index in [0.29, 0.717) is 0 Å². The zero-order chi connectivity index (χ0) is 15.3. The van der Waals surface area contributed by atoms with Gasteiger partial charge in [-0.3, -0.25) is 12.2 Å². The third kappa shape index (κ3) is 5.97. The number of allylic oxidation sites excluding steroid dienone is 5. The van der Waals surface area contributed by atoms with Crippen LogP contribution in [0.1, 0.15) is 49.3 Å². The minimum Gasteiger partial charge on any atom is -1.00 e. The Morgan fingerprint density at radius 1 is 1.16 bits per heavy atom. The zero-order valence-corrected chi connectivity index (χ0v) is 19.0. The Hall–Kier alpha value is -0.0488. The van der Waals surface area contributed by atoms with Crippen LogP contribution in [0.4, 0.5) is 0 Å². The van der Waals surface area contributed by atoms with Crippen molar-refractivity contribution < 1.29 is 46.5 Å². The van der Waals surface area contributed by atoms with E-state index in [-0.39, 0.29) is 46.5 Å². The predicted octanol–water partition coefficient (Wildman–Crippen LogP) is 0.103. The van der Waals surface area contributed by atoms with E-state index in [0.717, 1.165) is 12.0 Å². The van der Waals surface area contributed by atoms with Gasteiger partial charge in [-0.2, -0.15) is 11.6 Å². The summed E-state index contributed by atoms with van der Waals surface area (Å²) in [6.45, 7) is 2.32. The molecular formula is C21H26Cl2SiTi. The van der Waals surface area contributed by atoms with Gasteiger partial charge in [-0.1, -0.05) is 68.1 Å². The van der Waals surface area contributed by atoms with Gasteiger partial charge in [0.25, 0.3) is 0 Å². The second-order valence-corrected chi connectivity index (χ2v) is 11.5. The largest absolute Gasteiger partial charge is 4.00 e. The number of unbranched alkanes of at least 4 members (excludes halogenated alkanes) is 1. The molecule has 0 aromatic heterocycles. The SMILES string of the molecule is CCCC[Si]1(C2[C-]=Cc3ccccc32)CCC1.[C-]1=CC=CC1.[Cl-].[Cl-].[Ti+4]. The summed E-state index contributed by atoms with van der Waals surface area (Å²) >= 11 is 0. The van der Waals surface area contributed by atoms with Gasteiger partial charge >= 0.3 is 21.7 Å². The molecule has 0 saturated carbocycles. The summed E-state index contributed by atoms with van der Waals surface area (Å²) in [5.74, 6) is 0. The molecule has 0 N–H and O–H groups in total. The Balaban J connectivity index is 0.000000630. The number of benzene rings is 1. The standard InChI is InChI=1S/C16H21Si.C5H5.2ClH.Ti/c1-2-3-11-17(12-6-13-17)16-10-9-14-7-4-5-8-15(14)16;1-2-4-5-3-1;;;/h4-5,7-9,16H,2-3,6,11-13H2,1H3;1-3H,4H2;2*1H;/q2*-1;;;+4/p-2. The first-order chi connectivity index (χ1) is 10.9. The molecule has 1 aromatic rings. The van der Waals surface area contributed by atoms with Gasteiger partial charge in [0, 0.05) is 8.07 Å². The molecular weight excluding hydrogens is 399 g/mol. The van der Waals surface area contributed by atoms with Crippen LogP contribution in [0.5, 0.6) is 0 Å². The summed E-state index contributed by atoms with van der Waals surface area (Å²) < 4.78 is 0. The van der Waals surface area contributed by atoms with Gasteiger partial charge in [0.2, 0.25) is 0 Å². The molecule has 0 spiro atoms.